The van der Waals surface area contributed by atoms with E-state index in [1.165, 1.54) is 0 Å². The summed E-state index contributed by atoms with van der Waals surface area (Å²) in [5.41, 5.74) is 5.26. The highest BCUT2D eigenvalue weighted by Crippen LogP contribution is 2.34. The van der Waals surface area contributed by atoms with Crippen LogP contribution in [0.1, 0.15) is 32.7 Å². The molecule has 1 aliphatic carbocycles. The van der Waals surface area contributed by atoms with Crippen LogP contribution in [0.25, 0.3) is 11.4 Å². The van der Waals surface area contributed by atoms with Crippen LogP contribution >= 0.6 is 0 Å². The molecule has 0 saturated carbocycles. The summed E-state index contributed by atoms with van der Waals surface area (Å²) >= 11 is 0. The number of ketones is 1. The molecule has 2 aromatic carbocycles. The van der Waals surface area contributed by atoms with Crippen molar-refractivity contribution in [1.29, 1.82) is 0 Å². The molecule has 0 aliphatic heterocycles. The van der Waals surface area contributed by atoms with Crippen LogP contribution in [-0.2, 0) is 35.2 Å². The molecular formula is C25H22N4O2S. The first-order valence-electron chi connectivity index (χ1n) is 10.3. The number of aromatic nitrogens is 4. The van der Waals surface area contributed by atoms with Crippen molar-refractivity contribution >= 4 is 21.2 Å². The largest absolute Gasteiger partial charge is 0.287 e. The molecule has 32 heavy (non-hydrogen) atoms. The summed E-state index contributed by atoms with van der Waals surface area (Å²) in [5.74, 6) is 4.12. The fraction of sp³-hybridized carbons (Fsp3) is 0.160. The standard InChI is InChI=1S/C25H22N4O2S/c1-29-23-20(22(28-29)24(30)18-11-7-4-8-12-18)14-13-19-15-26-25(27-21(19)23)32(2,31)16-17-9-5-3-6-10-17/h3-12,15H,2,13-14,16H2,1H3. The van der Waals surface area contributed by atoms with E-state index < -0.39 is 9.52 Å². The van der Waals surface area contributed by atoms with Gasteiger partial charge in [-0.25, -0.2) is 9.97 Å². The van der Waals surface area contributed by atoms with Gasteiger partial charge in [0.1, 0.15) is 5.69 Å². The van der Waals surface area contributed by atoms with Crippen LogP contribution in [0.2, 0.25) is 0 Å². The molecule has 1 atom stereocenters. The maximum absolute atomic E-state index is 13.4. The zero-order valence-electron chi connectivity index (χ0n) is 17.7. The van der Waals surface area contributed by atoms with Gasteiger partial charge >= 0.3 is 0 Å². The van der Waals surface area contributed by atoms with Gasteiger partial charge in [0, 0.05) is 39.6 Å². The highest BCUT2D eigenvalue weighted by molar-refractivity contribution is 7.99. The molecule has 0 fully saturated rings. The Labute approximate surface area is 187 Å². The van der Waals surface area contributed by atoms with Gasteiger partial charge in [-0.15, -0.1) is 0 Å². The predicted octanol–water partition coefficient (Wildman–Crippen LogP) is 3.48. The molecular weight excluding hydrogens is 420 g/mol. The van der Waals surface area contributed by atoms with Crippen LogP contribution in [0.5, 0.6) is 0 Å². The smallest absolute Gasteiger partial charge is 0.213 e. The van der Waals surface area contributed by atoms with Crippen molar-refractivity contribution in [2.45, 2.75) is 23.8 Å². The first-order valence-corrected chi connectivity index (χ1v) is 12.2. The second kappa shape index (κ2) is 7.84. The van der Waals surface area contributed by atoms with Crippen molar-refractivity contribution in [2.75, 3.05) is 0 Å². The molecule has 0 spiro atoms. The minimum atomic E-state index is -2.73. The van der Waals surface area contributed by atoms with E-state index in [0.29, 0.717) is 29.8 Å². The second-order valence-corrected chi connectivity index (χ2v) is 10.2. The number of hydrogen-bond acceptors (Lipinski definition) is 5. The van der Waals surface area contributed by atoms with Gasteiger partial charge in [-0.3, -0.25) is 13.7 Å². The summed E-state index contributed by atoms with van der Waals surface area (Å²) < 4.78 is 15.1. The lowest BCUT2D eigenvalue weighted by Crippen LogP contribution is -2.15. The van der Waals surface area contributed by atoms with Gasteiger partial charge in [-0.1, -0.05) is 60.7 Å². The van der Waals surface area contributed by atoms with Crippen LogP contribution in [0.15, 0.2) is 72.0 Å². The third-order valence-corrected chi connectivity index (χ3v) is 7.34. The van der Waals surface area contributed by atoms with Gasteiger partial charge in [0.05, 0.1) is 11.4 Å². The molecule has 160 valence electrons. The molecule has 5 rings (SSSR count). The third-order valence-electron chi connectivity index (χ3n) is 5.68. The van der Waals surface area contributed by atoms with Crippen molar-refractivity contribution in [1.82, 2.24) is 19.7 Å². The molecule has 7 heteroatoms. The zero-order valence-corrected chi connectivity index (χ0v) is 18.5. The van der Waals surface area contributed by atoms with E-state index in [1.54, 1.807) is 23.0 Å². The minimum Gasteiger partial charge on any atom is -0.287 e. The molecule has 1 unspecified atom stereocenters. The highest BCUT2D eigenvalue weighted by atomic mass is 32.2. The maximum Gasteiger partial charge on any atom is 0.213 e. The van der Waals surface area contributed by atoms with Crippen LogP contribution < -0.4 is 0 Å². The number of fused-ring (bicyclic) bond motifs is 3. The Kier molecular flexibility index (Phi) is 4.98. The summed E-state index contributed by atoms with van der Waals surface area (Å²) in [5, 5.41) is 4.77. The van der Waals surface area contributed by atoms with Crippen molar-refractivity contribution in [3.05, 3.63) is 94.8 Å². The van der Waals surface area contributed by atoms with Crippen LogP contribution in [0.3, 0.4) is 0 Å². The lowest BCUT2D eigenvalue weighted by molar-refractivity contribution is 0.103. The Morgan fingerprint density at radius 2 is 1.75 bits per heavy atom. The van der Waals surface area contributed by atoms with E-state index in [1.807, 2.05) is 55.6 Å². The van der Waals surface area contributed by atoms with E-state index in [-0.39, 0.29) is 16.7 Å². The number of carbonyl (C=O) groups excluding carboxylic acids is 1. The Morgan fingerprint density at radius 1 is 1.06 bits per heavy atom. The summed E-state index contributed by atoms with van der Waals surface area (Å²) in [6.45, 7) is 0. The number of nitrogens with zero attached hydrogens (tertiary/aromatic N) is 4. The Balaban J connectivity index is 1.57. The third kappa shape index (κ3) is 3.54. The first kappa shape index (κ1) is 20.3. The molecule has 4 aromatic rings. The molecule has 0 bridgehead atoms. The molecule has 2 heterocycles. The van der Waals surface area contributed by atoms with Gasteiger partial charge in [0.2, 0.25) is 10.9 Å². The molecule has 0 N–H and O–H groups in total. The number of aryl methyl sites for hydroxylation is 2. The van der Waals surface area contributed by atoms with E-state index in [4.69, 9.17) is 4.98 Å². The lowest BCUT2D eigenvalue weighted by atomic mass is 9.91. The summed E-state index contributed by atoms with van der Waals surface area (Å²) in [4.78, 5) is 22.2. The van der Waals surface area contributed by atoms with Gasteiger partial charge in [-0.2, -0.15) is 5.10 Å². The molecule has 0 radical (unpaired) electrons. The number of carbonyl (C=O) groups is 1. The predicted molar refractivity (Wildman–Crippen MR) is 125 cm³/mol. The zero-order chi connectivity index (χ0) is 22.3. The summed E-state index contributed by atoms with van der Waals surface area (Å²) in [7, 11) is -0.925. The molecule has 6 nitrogen and oxygen atoms in total. The van der Waals surface area contributed by atoms with Crippen molar-refractivity contribution in [3.63, 3.8) is 0 Å². The lowest BCUT2D eigenvalue weighted by Gasteiger charge is -2.18. The van der Waals surface area contributed by atoms with Crippen LogP contribution in [-0.4, -0.2) is 35.6 Å². The first-order chi connectivity index (χ1) is 15.4. The number of benzene rings is 2. The van der Waals surface area contributed by atoms with Crippen molar-refractivity contribution < 1.29 is 9.00 Å². The highest BCUT2D eigenvalue weighted by Gasteiger charge is 2.30. The Bertz CT molecular complexity index is 1430. The van der Waals surface area contributed by atoms with Crippen molar-refractivity contribution in [2.24, 2.45) is 7.05 Å². The molecule has 0 amide bonds. The quantitative estimate of drug-likeness (QED) is 0.269. The fourth-order valence-electron chi connectivity index (χ4n) is 4.14. The second-order valence-electron chi connectivity index (χ2n) is 7.96. The molecule has 2 aromatic heterocycles. The monoisotopic (exact) mass is 442 g/mol. The number of rotatable bonds is 5. The van der Waals surface area contributed by atoms with E-state index in [2.05, 4.69) is 16.0 Å². The van der Waals surface area contributed by atoms with Gasteiger partial charge < -0.3 is 0 Å². The van der Waals surface area contributed by atoms with Crippen LogP contribution in [0.4, 0.5) is 0 Å². The Morgan fingerprint density at radius 3 is 2.47 bits per heavy atom. The van der Waals surface area contributed by atoms with Gasteiger partial charge in [0.15, 0.2) is 0 Å². The van der Waals surface area contributed by atoms with Gasteiger partial charge in [0.25, 0.3) is 0 Å². The van der Waals surface area contributed by atoms with E-state index in [0.717, 1.165) is 22.4 Å². The minimum absolute atomic E-state index is 0.106. The topological polar surface area (TPSA) is 77.7 Å². The Hall–Kier alpha value is -3.58. The summed E-state index contributed by atoms with van der Waals surface area (Å²) in [6, 6.07) is 18.7. The maximum atomic E-state index is 13.4. The molecule has 1 aliphatic rings. The normalized spacial score (nSPS) is 14.3. The average Bonchev–Trinajstić information content (AvgIpc) is 3.16. The van der Waals surface area contributed by atoms with Crippen molar-refractivity contribution in [3.8, 4) is 11.4 Å². The SMILES string of the molecule is C=S(=O)(Cc1ccccc1)c1ncc2c(n1)-c1c(c(C(=O)c3ccccc3)nn1C)CC2. The number of hydrogen-bond donors (Lipinski definition) is 0. The van der Waals surface area contributed by atoms with E-state index in [9.17, 15) is 9.00 Å². The molecule has 0 saturated heterocycles. The van der Waals surface area contributed by atoms with Gasteiger partial charge in [-0.05, 0) is 29.8 Å². The van der Waals surface area contributed by atoms with E-state index >= 15 is 0 Å². The fourth-order valence-corrected chi connectivity index (χ4v) is 5.50. The average molecular weight is 443 g/mol. The summed E-state index contributed by atoms with van der Waals surface area (Å²) in [6.07, 6.45) is 3.11. The van der Waals surface area contributed by atoms with Crippen LogP contribution in [0, 0.1) is 0 Å².